The first-order valence-electron chi connectivity index (χ1n) is 7.03. The van der Waals surface area contributed by atoms with Crippen molar-refractivity contribution in [3.05, 3.63) is 65.4 Å². The summed E-state index contributed by atoms with van der Waals surface area (Å²) in [7, 11) is 0. The molecule has 7 heteroatoms. The molecule has 0 fully saturated rings. The van der Waals surface area contributed by atoms with Gasteiger partial charge in [0.25, 0.3) is 0 Å². The number of hydrogen-bond donors (Lipinski definition) is 3. The Hall–Kier alpha value is -3.22. The molecule has 0 radical (unpaired) electrons. The Kier molecular flexibility index (Phi) is 3.99. The minimum absolute atomic E-state index is 0.0917. The highest BCUT2D eigenvalue weighted by Crippen LogP contribution is 2.24. The number of aromatic nitrogens is 1. The third kappa shape index (κ3) is 2.96. The number of rotatable bonds is 4. The van der Waals surface area contributed by atoms with E-state index in [0.717, 1.165) is 12.1 Å². The van der Waals surface area contributed by atoms with Crippen LogP contribution in [0, 0.1) is 11.6 Å². The Labute approximate surface area is 134 Å². The van der Waals surface area contributed by atoms with Gasteiger partial charge in [-0.05, 0) is 18.2 Å². The fourth-order valence-corrected chi connectivity index (χ4v) is 2.51. The van der Waals surface area contributed by atoms with Gasteiger partial charge in [-0.3, -0.25) is 4.79 Å². The first kappa shape index (κ1) is 15.7. The number of carbonyl (C=O) groups is 2. The summed E-state index contributed by atoms with van der Waals surface area (Å²) < 4.78 is 26.5. The number of carboxylic acid groups (broad SMARTS) is 1. The summed E-state index contributed by atoms with van der Waals surface area (Å²) in [4.78, 5) is 26.3. The second kappa shape index (κ2) is 6.11. The van der Waals surface area contributed by atoms with E-state index in [1.54, 1.807) is 24.3 Å². The van der Waals surface area contributed by atoms with Gasteiger partial charge in [0.05, 0.1) is 12.1 Å². The molecule has 3 N–H and O–H groups in total. The van der Waals surface area contributed by atoms with Crippen molar-refractivity contribution in [3.8, 4) is 0 Å². The second-order valence-corrected chi connectivity index (χ2v) is 5.18. The van der Waals surface area contributed by atoms with Gasteiger partial charge in [-0.15, -0.1) is 0 Å². The molecule has 0 aliphatic carbocycles. The van der Waals surface area contributed by atoms with E-state index in [-0.39, 0.29) is 17.8 Å². The van der Waals surface area contributed by atoms with Gasteiger partial charge in [0, 0.05) is 22.5 Å². The fraction of sp³-hybridized carbons (Fsp3) is 0.0588. The van der Waals surface area contributed by atoms with Crippen molar-refractivity contribution in [3.63, 3.8) is 0 Å². The number of carboxylic acids is 1. The summed E-state index contributed by atoms with van der Waals surface area (Å²) in [6, 6.07) is 9.64. The Morgan fingerprint density at radius 2 is 1.88 bits per heavy atom. The molecular formula is C17H12F2N2O3. The summed E-state index contributed by atoms with van der Waals surface area (Å²) in [6.07, 6.45) is -0.261. The highest BCUT2D eigenvalue weighted by molar-refractivity contribution is 6.02. The van der Waals surface area contributed by atoms with Crippen LogP contribution in [0.25, 0.3) is 10.9 Å². The molecule has 2 aromatic carbocycles. The normalized spacial score (nSPS) is 10.8. The standard InChI is InChI=1S/C17H12F2N2O3/c18-9-5-6-14(12(19)7-9)20-15(22)8-11-10-3-1-2-4-13(10)21-16(11)17(23)24/h1-7,21H,8H2,(H,20,22)(H,23,24). The molecule has 0 spiro atoms. The van der Waals surface area contributed by atoms with Crippen LogP contribution in [-0.2, 0) is 11.2 Å². The summed E-state index contributed by atoms with van der Waals surface area (Å²) >= 11 is 0. The number of para-hydroxylation sites is 1. The number of benzene rings is 2. The molecule has 1 heterocycles. The number of anilines is 1. The van der Waals surface area contributed by atoms with Gasteiger partial charge in [-0.25, -0.2) is 13.6 Å². The Morgan fingerprint density at radius 1 is 1.12 bits per heavy atom. The molecule has 0 unspecified atom stereocenters. The molecule has 122 valence electrons. The monoisotopic (exact) mass is 330 g/mol. The summed E-state index contributed by atoms with van der Waals surface area (Å²) in [5.41, 5.74) is 0.632. The Morgan fingerprint density at radius 3 is 2.58 bits per heavy atom. The van der Waals surface area contributed by atoms with E-state index in [2.05, 4.69) is 10.3 Å². The second-order valence-electron chi connectivity index (χ2n) is 5.18. The van der Waals surface area contributed by atoms with E-state index in [4.69, 9.17) is 0 Å². The van der Waals surface area contributed by atoms with Crippen LogP contribution in [0.15, 0.2) is 42.5 Å². The molecule has 1 amide bonds. The molecule has 24 heavy (non-hydrogen) atoms. The van der Waals surface area contributed by atoms with Crippen LogP contribution in [0.3, 0.4) is 0 Å². The number of carbonyl (C=O) groups excluding carboxylic acids is 1. The molecule has 5 nitrogen and oxygen atoms in total. The number of aromatic carboxylic acids is 1. The molecule has 0 atom stereocenters. The number of aromatic amines is 1. The molecule has 0 saturated carbocycles. The summed E-state index contributed by atoms with van der Waals surface area (Å²) in [6.45, 7) is 0. The lowest BCUT2D eigenvalue weighted by atomic mass is 10.1. The lowest BCUT2D eigenvalue weighted by molar-refractivity contribution is -0.115. The SMILES string of the molecule is O=C(Cc1c(C(=O)O)[nH]c2ccccc12)Nc1ccc(F)cc1F. The lowest BCUT2D eigenvalue weighted by Crippen LogP contribution is -2.17. The average molecular weight is 330 g/mol. The number of halogens is 2. The van der Waals surface area contributed by atoms with Crippen LogP contribution in [0.4, 0.5) is 14.5 Å². The maximum atomic E-state index is 13.6. The maximum Gasteiger partial charge on any atom is 0.352 e. The van der Waals surface area contributed by atoms with Crippen LogP contribution in [0.1, 0.15) is 16.1 Å². The van der Waals surface area contributed by atoms with Crippen molar-refractivity contribution in [2.24, 2.45) is 0 Å². The van der Waals surface area contributed by atoms with E-state index < -0.39 is 23.5 Å². The number of amides is 1. The van der Waals surface area contributed by atoms with Crippen molar-refractivity contribution in [1.82, 2.24) is 4.98 Å². The highest BCUT2D eigenvalue weighted by atomic mass is 19.1. The predicted molar refractivity (Wildman–Crippen MR) is 83.9 cm³/mol. The molecule has 1 aromatic heterocycles. The zero-order valence-electron chi connectivity index (χ0n) is 12.3. The topological polar surface area (TPSA) is 82.2 Å². The van der Waals surface area contributed by atoms with Crippen LogP contribution in [0.5, 0.6) is 0 Å². The third-order valence-electron chi connectivity index (χ3n) is 3.57. The van der Waals surface area contributed by atoms with Crippen LogP contribution >= 0.6 is 0 Å². The average Bonchev–Trinajstić information content (AvgIpc) is 2.89. The maximum absolute atomic E-state index is 13.6. The number of nitrogens with one attached hydrogen (secondary N) is 2. The van der Waals surface area contributed by atoms with Crippen LogP contribution in [-0.4, -0.2) is 22.0 Å². The predicted octanol–water partition coefficient (Wildman–Crippen LogP) is 3.33. The molecule has 0 aliphatic rings. The van der Waals surface area contributed by atoms with Gasteiger partial charge in [0.2, 0.25) is 5.91 Å². The quantitative estimate of drug-likeness (QED) is 0.686. The van der Waals surface area contributed by atoms with E-state index in [9.17, 15) is 23.5 Å². The zero-order chi connectivity index (χ0) is 17.3. The van der Waals surface area contributed by atoms with Gasteiger partial charge in [-0.2, -0.15) is 0 Å². The highest BCUT2D eigenvalue weighted by Gasteiger charge is 2.19. The Bertz CT molecular complexity index is 950. The van der Waals surface area contributed by atoms with Gasteiger partial charge in [0.15, 0.2) is 0 Å². The van der Waals surface area contributed by atoms with Crippen molar-refractivity contribution in [2.75, 3.05) is 5.32 Å². The summed E-state index contributed by atoms with van der Waals surface area (Å²) in [5, 5.41) is 12.2. The van der Waals surface area contributed by atoms with Crippen LogP contribution < -0.4 is 5.32 Å². The minimum atomic E-state index is -1.19. The first-order chi connectivity index (χ1) is 11.5. The zero-order valence-corrected chi connectivity index (χ0v) is 12.3. The molecular weight excluding hydrogens is 318 g/mol. The van der Waals surface area contributed by atoms with E-state index in [1.807, 2.05) is 0 Å². The van der Waals surface area contributed by atoms with E-state index in [0.29, 0.717) is 22.5 Å². The fourth-order valence-electron chi connectivity index (χ4n) is 2.51. The van der Waals surface area contributed by atoms with Crippen molar-refractivity contribution in [1.29, 1.82) is 0 Å². The van der Waals surface area contributed by atoms with Crippen molar-refractivity contribution >= 4 is 28.5 Å². The third-order valence-corrected chi connectivity index (χ3v) is 3.57. The molecule has 0 saturated heterocycles. The molecule has 3 aromatic rings. The van der Waals surface area contributed by atoms with Gasteiger partial charge in [0.1, 0.15) is 17.3 Å². The molecule has 0 bridgehead atoms. The largest absolute Gasteiger partial charge is 0.477 e. The molecule has 3 rings (SSSR count). The van der Waals surface area contributed by atoms with Crippen molar-refractivity contribution in [2.45, 2.75) is 6.42 Å². The van der Waals surface area contributed by atoms with E-state index in [1.165, 1.54) is 0 Å². The first-order valence-corrected chi connectivity index (χ1v) is 7.03. The van der Waals surface area contributed by atoms with Gasteiger partial charge < -0.3 is 15.4 Å². The number of fused-ring (bicyclic) bond motifs is 1. The molecule has 0 aliphatic heterocycles. The van der Waals surface area contributed by atoms with Crippen molar-refractivity contribution < 1.29 is 23.5 Å². The van der Waals surface area contributed by atoms with Gasteiger partial charge in [-0.1, -0.05) is 18.2 Å². The minimum Gasteiger partial charge on any atom is -0.477 e. The van der Waals surface area contributed by atoms with E-state index >= 15 is 0 Å². The van der Waals surface area contributed by atoms with Crippen LogP contribution in [0.2, 0.25) is 0 Å². The lowest BCUT2D eigenvalue weighted by Gasteiger charge is -2.07. The smallest absolute Gasteiger partial charge is 0.352 e. The number of hydrogen-bond acceptors (Lipinski definition) is 2. The number of H-pyrrole nitrogens is 1. The van der Waals surface area contributed by atoms with Gasteiger partial charge >= 0.3 is 5.97 Å². The summed E-state index contributed by atoms with van der Waals surface area (Å²) in [5.74, 6) is -3.45. The Balaban J connectivity index is 1.90.